The van der Waals surface area contributed by atoms with Crippen molar-refractivity contribution in [3.8, 4) is 0 Å². The molecular weight excluding hydrogens is 206 g/mol. The second-order valence-corrected chi connectivity index (χ2v) is 3.82. The molecule has 0 aromatic carbocycles. The Bertz CT molecular complexity index is 127. The normalized spacial score (nSPS) is 15.6. The van der Waals surface area contributed by atoms with Crippen LogP contribution in [0.3, 0.4) is 0 Å². The van der Waals surface area contributed by atoms with Crippen LogP contribution >= 0.6 is 15.9 Å². The lowest BCUT2D eigenvalue weighted by molar-refractivity contribution is -0.119. The van der Waals surface area contributed by atoms with E-state index in [1.165, 1.54) is 0 Å². The molecule has 1 N–H and O–H groups in total. The molecule has 0 radical (unpaired) electrons. The van der Waals surface area contributed by atoms with E-state index in [2.05, 4.69) is 35.1 Å². The van der Waals surface area contributed by atoms with Gasteiger partial charge in [0.05, 0.1) is 0 Å². The predicted octanol–water partition coefficient (Wildman–Crippen LogP) is 2.07. The monoisotopic (exact) mass is 221 g/mol. The van der Waals surface area contributed by atoms with E-state index in [9.17, 15) is 4.79 Å². The second kappa shape index (κ2) is 5.58. The van der Waals surface area contributed by atoms with Gasteiger partial charge in [0.1, 0.15) is 0 Å². The highest BCUT2D eigenvalue weighted by Crippen LogP contribution is 2.12. The van der Waals surface area contributed by atoms with E-state index in [4.69, 9.17) is 0 Å². The van der Waals surface area contributed by atoms with E-state index in [-0.39, 0.29) is 11.9 Å². The third kappa shape index (κ3) is 4.40. The molecule has 0 aromatic heterocycles. The number of carbonyl (C=O) groups excluding carboxylic acids is 1. The number of carbonyl (C=O) groups is 1. The fourth-order valence-electron chi connectivity index (χ4n) is 0.994. The number of rotatable bonds is 4. The van der Waals surface area contributed by atoms with Gasteiger partial charge >= 0.3 is 0 Å². The van der Waals surface area contributed by atoms with Crippen LogP contribution in [0.4, 0.5) is 0 Å². The Balaban J connectivity index is 3.84. The summed E-state index contributed by atoms with van der Waals surface area (Å²) in [5, 5.41) is 2.89. The predicted molar refractivity (Wildman–Crippen MR) is 50.9 cm³/mol. The van der Waals surface area contributed by atoms with Gasteiger partial charge in [0.2, 0.25) is 5.91 Å². The van der Waals surface area contributed by atoms with Crippen LogP contribution in [-0.4, -0.2) is 16.8 Å². The Labute approximate surface area is 76.9 Å². The van der Waals surface area contributed by atoms with Crippen LogP contribution in [0.1, 0.15) is 33.6 Å². The van der Waals surface area contributed by atoms with Gasteiger partial charge in [0.25, 0.3) is 0 Å². The van der Waals surface area contributed by atoms with Crippen LogP contribution in [0.25, 0.3) is 0 Å². The third-order valence-corrected chi connectivity index (χ3v) is 2.94. The van der Waals surface area contributed by atoms with Gasteiger partial charge in [-0.25, -0.2) is 0 Å². The van der Waals surface area contributed by atoms with Crippen LogP contribution in [0.2, 0.25) is 0 Å². The molecule has 0 aliphatic heterocycles. The third-order valence-electron chi connectivity index (χ3n) is 1.66. The molecule has 3 heteroatoms. The quantitative estimate of drug-likeness (QED) is 0.725. The fourth-order valence-corrected chi connectivity index (χ4v) is 1.50. The molecule has 0 spiro atoms. The SMILES string of the molecule is CCC(Br)C(CC)NC(C)=O. The lowest BCUT2D eigenvalue weighted by atomic mass is 10.1. The van der Waals surface area contributed by atoms with Crippen LogP contribution in [0.15, 0.2) is 0 Å². The van der Waals surface area contributed by atoms with Crippen LogP contribution in [0, 0.1) is 0 Å². The Morgan fingerprint density at radius 1 is 1.45 bits per heavy atom. The largest absolute Gasteiger partial charge is 0.353 e. The van der Waals surface area contributed by atoms with Gasteiger partial charge in [0.15, 0.2) is 0 Å². The molecule has 0 aliphatic carbocycles. The molecule has 2 nitrogen and oxygen atoms in total. The van der Waals surface area contributed by atoms with Gasteiger partial charge in [-0.3, -0.25) is 4.79 Å². The Kier molecular flexibility index (Phi) is 5.56. The van der Waals surface area contributed by atoms with E-state index in [0.717, 1.165) is 12.8 Å². The highest BCUT2D eigenvalue weighted by molar-refractivity contribution is 9.09. The maximum absolute atomic E-state index is 10.7. The first-order valence-electron chi connectivity index (χ1n) is 4.03. The molecule has 11 heavy (non-hydrogen) atoms. The standard InChI is InChI=1S/C8H16BrNO/c1-4-7(9)8(5-2)10-6(3)11/h7-8H,4-5H2,1-3H3,(H,10,11). The van der Waals surface area contributed by atoms with Gasteiger partial charge in [-0.15, -0.1) is 0 Å². The molecule has 2 atom stereocenters. The zero-order valence-corrected chi connectivity index (χ0v) is 8.94. The Morgan fingerprint density at radius 2 is 2.00 bits per heavy atom. The minimum Gasteiger partial charge on any atom is -0.353 e. The summed E-state index contributed by atoms with van der Waals surface area (Å²) in [7, 11) is 0. The topological polar surface area (TPSA) is 29.1 Å². The van der Waals surface area contributed by atoms with Gasteiger partial charge in [-0.05, 0) is 12.8 Å². The molecule has 1 amide bonds. The van der Waals surface area contributed by atoms with Crippen molar-refractivity contribution in [1.29, 1.82) is 0 Å². The number of halogens is 1. The maximum Gasteiger partial charge on any atom is 0.217 e. The molecule has 66 valence electrons. The smallest absolute Gasteiger partial charge is 0.217 e. The molecular formula is C8H16BrNO. The number of hydrogen-bond acceptors (Lipinski definition) is 1. The van der Waals surface area contributed by atoms with E-state index in [0.29, 0.717) is 4.83 Å². The summed E-state index contributed by atoms with van der Waals surface area (Å²) in [6.07, 6.45) is 2.02. The molecule has 2 unspecified atom stereocenters. The molecule has 0 saturated carbocycles. The summed E-state index contributed by atoms with van der Waals surface area (Å²) in [5.41, 5.74) is 0. The minimum absolute atomic E-state index is 0.0507. The van der Waals surface area contributed by atoms with Gasteiger partial charge in [0, 0.05) is 17.8 Å². The van der Waals surface area contributed by atoms with Crippen molar-refractivity contribution in [2.24, 2.45) is 0 Å². The Morgan fingerprint density at radius 3 is 2.27 bits per heavy atom. The van der Waals surface area contributed by atoms with E-state index in [1.807, 2.05) is 0 Å². The zero-order chi connectivity index (χ0) is 8.85. The average Bonchev–Trinajstić information content (AvgIpc) is 1.98. The highest BCUT2D eigenvalue weighted by Gasteiger charge is 2.15. The van der Waals surface area contributed by atoms with Crippen LogP contribution in [-0.2, 0) is 4.79 Å². The number of nitrogens with one attached hydrogen (secondary N) is 1. The fraction of sp³-hybridized carbons (Fsp3) is 0.875. The first kappa shape index (κ1) is 11.0. The summed E-state index contributed by atoms with van der Waals surface area (Å²) in [6.45, 7) is 5.73. The minimum atomic E-state index is 0.0507. The second-order valence-electron chi connectivity index (χ2n) is 2.64. The summed E-state index contributed by atoms with van der Waals surface area (Å²) in [4.78, 5) is 11.1. The summed E-state index contributed by atoms with van der Waals surface area (Å²) < 4.78 is 0. The molecule has 0 aromatic rings. The van der Waals surface area contributed by atoms with E-state index in [1.54, 1.807) is 6.92 Å². The van der Waals surface area contributed by atoms with Gasteiger partial charge < -0.3 is 5.32 Å². The van der Waals surface area contributed by atoms with Crippen molar-refractivity contribution in [3.05, 3.63) is 0 Å². The number of hydrogen-bond donors (Lipinski definition) is 1. The van der Waals surface area contributed by atoms with Crippen molar-refractivity contribution in [2.45, 2.75) is 44.5 Å². The molecule has 0 heterocycles. The van der Waals surface area contributed by atoms with Crippen LogP contribution in [0.5, 0.6) is 0 Å². The van der Waals surface area contributed by atoms with Crippen molar-refractivity contribution in [1.82, 2.24) is 5.32 Å². The molecule has 0 bridgehead atoms. The molecule has 0 fully saturated rings. The van der Waals surface area contributed by atoms with Crippen molar-refractivity contribution in [3.63, 3.8) is 0 Å². The summed E-state index contributed by atoms with van der Waals surface area (Å²) >= 11 is 3.52. The van der Waals surface area contributed by atoms with Crippen molar-refractivity contribution >= 4 is 21.8 Å². The van der Waals surface area contributed by atoms with Crippen molar-refractivity contribution < 1.29 is 4.79 Å². The zero-order valence-electron chi connectivity index (χ0n) is 7.36. The van der Waals surface area contributed by atoms with E-state index >= 15 is 0 Å². The van der Waals surface area contributed by atoms with Crippen molar-refractivity contribution in [2.75, 3.05) is 0 Å². The first-order chi connectivity index (χ1) is 5.11. The average molecular weight is 222 g/mol. The summed E-state index contributed by atoms with van der Waals surface area (Å²) in [6, 6.07) is 0.275. The first-order valence-corrected chi connectivity index (χ1v) is 4.94. The van der Waals surface area contributed by atoms with Crippen LogP contribution < -0.4 is 5.32 Å². The lowest BCUT2D eigenvalue weighted by Gasteiger charge is -2.20. The number of alkyl halides is 1. The molecule has 0 saturated heterocycles. The number of amides is 1. The lowest BCUT2D eigenvalue weighted by Crippen LogP contribution is -2.38. The van der Waals surface area contributed by atoms with Gasteiger partial charge in [-0.1, -0.05) is 29.8 Å². The molecule has 0 aliphatic rings. The van der Waals surface area contributed by atoms with Gasteiger partial charge in [-0.2, -0.15) is 0 Å². The summed E-state index contributed by atoms with van der Waals surface area (Å²) in [5.74, 6) is 0.0507. The maximum atomic E-state index is 10.7. The highest BCUT2D eigenvalue weighted by atomic mass is 79.9. The molecule has 0 rings (SSSR count). The Hall–Kier alpha value is -0.0500. The van der Waals surface area contributed by atoms with E-state index < -0.39 is 0 Å².